The van der Waals surface area contributed by atoms with E-state index in [1.54, 1.807) is 0 Å². The third kappa shape index (κ3) is 1160. The van der Waals surface area contributed by atoms with Crippen molar-refractivity contribution >= 4 is 83.3 Å². The number of halogens is 5. The molecule has 0 spiro atoms. The summed E-state index contributed by atoms with van der Waals surface area (Å²) in [4.78, 5) is 0. The molecule has 0 saturated carbocycles. The molecule has 0 aromatic rings. The van der Waals surface area contributed by atoms with Crippen LogP contribution in [-0.4, -0.2) is 123 Å². The van der Waals surface area contributed by atoms with Gasteiger partial charge in [0, 0.05) is 0 Å². The molecule has 0 fully saturated rings. The number of rotatable bonds is 1. The Bertz CT molecular complexity index is 674. The summed E-state index contributed by atoms with van der Waals surface area (Å²) >= 11 is -28.4. The predicted molar refractivity (Wildman–Crippen MR) is 84.1 cm³/mol. The minimum absolute atomic E-state index is 0. The first-order chi connectivity index (χ1) is 13.1. The maximum atomic E-state index is 10.4. The van der Waals surface area contributed by atoms with Gasteiger partial charge < -0.3 is 0 Å². The van der Waals surface area contributed by atoms with Crippen LogP contribution in [0.1, 0.15) is 6.92 Å². The Morgan fingerprint density at radius 2 is 0.727 bits per heavy atom. The Balaban J connectivity index is -0.0000000491. The zero-order chi connectivity index (χ0) is 28.4. The van der Waals surface area contributed by atoms with Crippen molar-refractivity contribution in [2.45, 2.75) is 6.92 Å². The summed E-state index contributed by atoms with van der Waals surface area (Å²) in [6, 6.07) is 0. The summed E-state index contributed by atoms with van der Waals surface area (Å²) in [6.07, 6.45) is 1.25. The quantitative estimate of drug-likeness (QED) is 0.0665. The molecule has 0 saturated heterocycles. The molecule has 1 atom stereocenters. The predicted octanol–water partition coefficient (Wildman–Crippen LogP) is -9.19. The van der Waals surface area contributed by atoms with Gasteiger partial charge >= 0.3 is 169 Å². The average Bonchev–Trinajstić information content (AvgIpc) is 2.12. The molecular weight excluding hydrogens is 833 g/mol. The van der Waals surface area contributed by atoms with Gasteiger partial charge in [-0.2, -0.15) is 8.42 Å². The van der Waals surface area contributed by atoms with E-state index >= 15 is 0 Å². The largest absolute Gasteiger partial charge is 1.00 e. The third-order valence-electron chi connectivity index (χ3n) is 0.308. The molecule has 0 bridgehead atoms. The van der Waals surface area contributed by atoms with Crippen LogP contribution >= 0.6 is 0 Å². The Hall–Kier alpha value is 1.29. The zero-order valence-corrected chi connectivity index (χ0v) is 25.6. The van der Waals surface area contributed by atoms with Crippen molar-refractivity contribution in [3.05, 3.63) is 11.5 Å². The molecule has 0 aromatic carbocycles. The molecule has 0 aliphatic rings. The van der Waals surface area contributed by atoms with Crippen LogP contribution in [-0.2, 0) is 28.8 Å². The first-order valence-electron chi connectivity index (χ1n) is 5.40. The molecule has 0 rings (SSSR count). The van der Waals surface area contributed by atoms with Crippen molar-refractivity contribution in [3.8, 4) is 0 Å². The fourth-order valence-corrected chi connectivity index (χ4v) is 0.516. The zero-order valence-electron chi connectivity index (χ0n) is 15.4. The van der Waals surface area contributed by atoms with Gasteiger partial charge in [0.05, 0.1) is 5.41 Å². The summed E-state index contributed by atoms with van der Waals surface area (Å²) in [6.45, 7) is 1.51. The van der Waals surface area contributed by atoms with E-state index in [2.05, 4.69) is 0 Å². The maximum absolute atomic E-state index is 10.4. The van der Waals surface area contributed by atoms with Gasteiger partial charge in [-0.3, -0.25) is 4.55 Å². The molecule has 202 valence electrons. The van der Waals surface area contributed by atoms with E-state index < -0.39 is 83.3 Å². The molecule has 0 radical (unpaired) electrons. The van der Waals surface area contributed by atoms with Crippen LogP contribution in [0.4, 0.5) is 17.3 Å². The standard InChI is InChI=1S/C3H6O3S.5AsFH2O3.Li/c1-2-3-7(4,5)6;5*2-1(3,4)5;/h2-3H,1H3,(H,4,5,6);5*(H2,3,4,5);/q;;;;;;+1/p-1. The Morgan fingerprint density at radius 3 is 0.727 bits per heavy atom. The molecule has 18 nitrogen and oxygen atoms in total. The van der Waals surface area contributed by atoms with Crippen molar-refractivity contribution in [1.82, 2.24) is 0 Å². The summed E-state index contributed by atoms with van der Waals surface area (Å²) in [5.74, 6) is 0. The maximum Gasteiger partial charge on any atom is 1.00 e. The van der Waals surface area contributed by atoms with E-state index in [-0.39, 0.29) is 18.9 Å². The third-order valence-corrected chi connectivity index (χ3v) is 0.924. The minimum atomic E-state index is -5.88. The second kappa shape index (κ2) is 22.5. The van der Waals surface area contributed by atoms with Crippen molar-refractivity contribution in [3.63, 3.8) is 0 Å². The van der Waals surface area contributed by atoms with Gasteiger partial charge in [0.2, 0.25) is 0 Å². The second-order valence-corrected chi connectivity index (χ2v) is 14.5. The summed E-state index contributed by atoms with van der Waals surface area (Å²) in [5, 5.41) is 0.715. The average molecular weight is 848 g/mol. The molecule has 0 aromatic heterocycles. The van der Waals surface area contributed by atoms with Gasteiger partial charge in [0.15, 0.2) is 0 Å². The van der Waals surface area contributed by atoms with Crippen LogP contribution < -0.4 is 23.0 Å². The second-order valence-electron chi connectivity index (χ2n) is 3.33. The minimum Gasteiger partial charge on any atom is 1.00 e. The molecule has 0 aliphatic carbocycles. The van der Waals surface area contributed by atoms with Crippen LogP contribution in [0.25, 0.3) is 0 Å². The molecule has 1 unspecified atom stereocenters. The fourth-order valence-electron chi connectivity index (χ4n) is 0.172. The van der Waals surface area contributed by atoms with Crippen LogP contribution in [0.15, 0.2) is 11.5 Å². The van der Waals surface area contributed by atoms with E-state index in [0.29, 0.717) is 5.41 Å². The van der Waals surface area contributed by atoms with Gasteiger partial charge in [-0.15, -0.1) is 0 Å². The Labute approximate surface area is 209 Å². The first-order valence-corrected chi connectivity index (χ1v) is 22.6. The first kappa shape index (κ1) is 51.0. The van der Waals surface area contributed by atoms with Gasteiger partial charge in [-0.05, 0) is 6.92 Å². The van der Waals surface area contributed by atoms with Crippen molar-refractivity contribution in [1.29, 1.82) is 0 Å². The van der Waals surface area contributed by atoms with E-state index in [4.69, 9.17) is 64.2 Å². The summed E-state index contributed by atoms with van der Waals surface area (Å²) < 4.78 is 194. The van der Waals surface area contributed by atoms with Gasteiger partial charge in [0.25, 0.3) is 10.1 Å². The smallest absolute Gasteiger partial charge is 1.00 e. The summed E-state index contributed by atoms with van der Waals surface area (Å²) in [7, 11) is -3.85. The topological polar surface area (TPSA) is 345 Å². The molecular formula is C3H15As5F5LiO18S. The Kier molecular flexibility index (Phi) is 34.8. The SMILES string of the molecule is CC=CS(=O)(=O)O.O=[As](O)(O)F.O=[As](O)(O)F.O=[As](O)(O)F.O=[As](O)(O)F.O=[As]([O-])(O)F.[Li+]. The van der Waals surface area contributed by atoms with E-state index in [0.717, 1.165) is 0 Å². The number of hydrogen-bond donors (Lipinski definition) is 10. The molecule has 0 heterocycles. The normalized spacial score (nSPS) is 13.1. The van der Waals surface area contributed by atoms with Crippen molar-refractivity contribution in [2.75, 3.05) is 0 Å². The van der Waals surface area contributed by atoms with Crippen LogP contribution in [0.3, 0.4) is 0 Å². The van der Waals surface area contributed by atoms with Gasteiger partial charge in [0.1, 0.15) is 0 Å². The Morgan fingerprint density at radius 1 is 0.636 bits per heavy atom. The van der Waals surface area contributed by atoms with Crippen LogP contribution in [0.5, 0.6) is 0 Å². The summed E-state index contributed by atoms with van der Waals surface area (Å²) in [5.41, 5.74) is 0. The number of allylic oxidation sites excluding steroid dienone is 1. The molecule has 0 aliphatic heterocycles. The van der Waals surface area contributed by atoms with E-state index in [9.17, 15) is 25.8 Å². The van der Waals surface area contributed by atoms with Gasteiger partial charge in [-0.25, -0.2) is 0 Å². The fraction of sp³-hybridized carbons (Fsp3) is 0.333. The van der Waals surface area contributed by atoms with Crippen molar-refractivity contribution < 1.29 is 109 Å². The molecule has 10 N–H and O–H groups in total. The molecule has 0 amide bonds. The number of hydrogen-bond acceptors (Lipinski definition) is 8. The van der Waals surface area contributed by atoms with Crippen LogP contribution in [0.2, 0.25) is 0 Å². The van der Waals surface area contributed by atoms with E-state index in [1.807, 2.05) is 0 Å². The molecule has 33 heavy (non-hydrogen) atoms. The monoisotopic (exact) mass is 848 g/mol. The van der Waals surface area contributed by atoms with Crippen LogP contribution in [0, 0.1) is 0 Å². The van der Waals surface area contributed by atoms with Crippen molar-refractivity contribution in [2.24, 2.45) is 0 Å². The van der Waals surface area contributed by atoms with Gasteiger partial charge in [-0.1, -0.05) is 6.08 Å². The van der Waals surface area contributed by atoms with E-state index in [1.165, 1.54) is 13.0 Å². The molecule has 30 heteroatoms.